The Bertz CT molecular complexity index is 1520. The molecule has 9 heteroatoms. The van der Waals surface area contributed by atoms with Crippen molar-refractivity contribution in [1.82, 2.24) is 9.97 Å². The zero-order valence-corrected chi connectivity index (χ0v) is 21.8. The number of nitrogens with one attached hydrogen (secondary N) is 3. The van der Waals surface area contributed by atoms with Gasteiger partial charge in [0.25, 0.3) is 5.91 Å². The third kappa shape index (κ3) is 6.98. The number of hydrogen-bond acceptors (Lipinski definition) is 7. The minimum Gasteiger partial charge on any atom is -0.504 e. The van der Waals surface area contributed by atoms with Crippen molar-refractivity contribution in [1.29, 1.82) is 0 Å². The van der Waals surface area contributed by atoms with Crippen molar-refractivity contribution in [2.24, 2.45) is 0 Å². The SMILES string of the molecule is C/C=C/C(=O)Nc1cccc(C(=O)Nc2cccc([C@H](C)Nc3cncc(-c4ccc(O)c(OC)c4)n3)c2)c1. The second-order valence-electron chi connectivity index (χ2n) is 8.69. The number of allylic oxidation sites excluding steroid dienone is 1. The lowest BCUT2D eigenvalue weighted by Gasteiger charge is -2.17. The summed E-state index contributed by atoms with van der Waals surface area (Å²) in [6.07, 6.45) is 6.33. The van der Waals surface area contributed by atoms with Crippen molar-refractivity contribution in [2.75, 3.05) is 23.1 Å². The number of hydrogen-bond donors (Lipinski definition) is 4. The van der Waals surface area contributed by atoms with Gasteiger partial charge in [0.05, 0.1) is 31.2 Å². The average molecular weight is 524 g/mol. The molecule has 0 fully saturated rings. The highest BCUT2D eigenvalue weighted by Crippen LogP contribution is 2.31. The number of ether oxygens (including phenoxy) is 1. The highest BCUT2D eigenvalue weighted by molar-refractivity contribution is 6.06. The number of rotatable bonds is 9. The Balaban J connectivity index is 1.45. The molecule has 0 saturated heterocycles. The molecule has 0 unspecified atom stereocenters. The molecule has 198 valence electrons. The predicted molar refractivity (Wildman–Crippen MR) is 152 cm³/mol. The van der Waals surface area contributed by atoms with Crippen LogP contribution in [0.15, 0.2) is 91.3 Å². The van der Waals surface area contributed by atoms with Gasteiger partial charge in [-0.05, 0) is 74.0 Å². The van der Waals surface area contributed by atoms with E-state index >= 15 is 0 Å². The van der Waals surface area contributed by atoms with Crippen LogP contribution < -0.4 is 20.7 Å². The number of anilines is 3. The van der Waals surface area contributed by atoms with Crippen LogP contribution in [0.25, 0.3) is 11.3 Å². The minimum atomic E-state index is -0.294. The van der Waals surface area contributed by atoms with Crippen molar-refractivity contribution < 1.29 is 19.4 Å². The van der Waals surface area contributed by atoms with Gasteiger partial charge in [-0.3, -0.25) is 14.6 Å². The largest absolute Gasteiger partial charge is 0.504 e. The van der Waals surface area contributed by atoms with Crippen LogP contribution in [-0.4, -0.2) is 34.0 Å². The van der Waals surface area contributed by atoms with Crippen LogP contribution in [-0.2, 0) is 4.79 Å². The molecule has 0 aliphatic heterocycles. The first-order valence-corrected chi connectivity index (χ1v) is 12.3. The molecule has 4 rings (SSSR count). The maximum atomic E-state index is 12.9. The summed E-state index contributed by atoms with van der Waals surface area (Å²) >= 11 is 0. The molecular formula is C30H29N5O4. The van der Waals surface area contributed by atoms with E-state index in [9.17, 15) is 14.7 Å². The number of carbonyl (C=O) groups is 2. The lowest BCUT2D eigenvalue weighted by molar-refractivity contribution is -0.111. The van der Waals surface area contributed by atoms with Gasteiger partial charge in [-0.15, -0.1) is 0 Å². The molecule has 0 aliphatic rings. The number of phenolic OH excluding ortho intramolecular Hbond substituents is 1. The Morgan fingerprint density at radius 1 is 0.974 bits per heavy atom. The third-order valence-electron chi connectivity index (χ3n) is 5.83. The van der Waals surface area contributed by atoms with E-state index in [0.29, 0.717) is 34.2 Å². The van der Waals surface area contributed by atoms with Gasteiger partial charge in [0.15, 0.2) is 11.5 Å². The number of benzene rings is 3. The summed E-state index contributed by atoms with van der Waals surface area (Å²) in [4.78, 5) is 33.7. The first kappa shape index (κ1) is 26.9. The fourth-order valence-corrected chi connectivity index (χ4v) is 3.88. The lowest BCUT2D eigenvalue weighted by Crippen LogP contribution is -2.14. The summed E-state index contributed by atoms with van der Waals surface area (Å²) < 4.78 is 5.19. The van der Waals surface area contributed by atoms with Crippen molar-refractivity contribution in [3.05, 3.63) is 102 Å². The molecule has 4 aromatic rings. The summed E-state index contributed by atoms with van der Waals surface area (Å²) in [5.41, 5.74) is 3.89. The van der Waals surface area contributed by atoms with Crippen LogP contribution >= 0.6 is 0 Å². The zero-order valence-electron chi connectivity index (χ0n) is 21.8. The van der Waals surface area contributed by atoms with Crippen LogP contribution in [0.1, 0.15) is 35.8 Å². The van der Waals surface area contributed by atoms with E-state index in [1.54, 1.807) is 67.9 Å². The van der Waals surface area contributed by atoms with Crippen molar-refractivity contribution in [3.63, 3.8) is 0 Å². The van der Waals surface area contributed by atoms with E-state index in [2.05, 4.69) is 25.9 Å². The molecule has 9 nitrogen and oxygen atoms in total. The Morgan fingerprint density at radius 2 is 1.74 bits per heavy atom. The van der Waals surface area contributed by atoms with Gasteiger partial charge < -0.3 is 25.8 Å². The van der Waals surface area contributed by atoms with Crippen LogP contribution in [0.4, 0.5) is 17.2 Å². The van der Waals surface area contributed by atoms with Gasteiger partial charge in [-0.1, -0.05) is 24.3 Å². The number of carbonyl (C=O) groups excluding carboxylic acids is 2. The van der Waals surface area contributed by atoms with Crippen LogP contribution in [0.3, 0.4) is 0 Å². The number of amides is 2. The van der Waals surface area contributed by atoms with E-state index in [-0.39, 0.29) is 23.6 Å². The van der Waals surface area contributed by atoms with Gasteiger partial charge in [-0.2, -0.15) is 0 Å². The highest BCUT2D eigenvalue weighted by atomic mass is 16.5. The van der Waals surface area contributed by atoms with Gasteiger partial charge >= 0.3 is 0 Å². The summed E-state index contributed by atoms with van der Waals surface area (Å²) in [6.45, 7) is 3.74. The third-order valence-corrected chi connectivity index (χ3v) is 5.83. The van der Waals surface area contributed by atoms with E-state index in [0.717, 1.165) is 11.1 Å². The van der Waals surface area contributed by atoms with E-state index in [1.807, 2.05) is 31.2 Å². The van der Waals surface area contributed by atoms with Crippen LogP contribution in [0, 0.1) is 0 Å². The molecule has 4 N–H and O–H groups in total. The Hall–Kier alpha value is -5.18. The first-order chi connectivity index (χ1) is 18.9. The minimum absolute atomic E-state index is 0.0490. The van der Waals surface area contributed by atoms with Crippen LogP contribution in [0.2, 0.25) is 0 Å². The molecule has 39 heavy (non-hydrogen) atoms. The van der Waals surface area contributed by atoms with Gasteiger partial charge in [0, 0.05) is 22.5 Å². The fourth-order valence-electron chi connectivity index (χ4n) is 3.88. The summed E-state index contributed by atoms with van der Waals surface area (Å²) in [7, 11) is 1.49. The van der Waals surface area contributed by atoms with Gasteiger partial charge in [0.2, 0.25) is 5.91 Å². The highest BCUT2D eigenvalue weighted by Gasteiger charge is 2.12. The normalized spacial score (nSPS) is 11.6. The number of nitrogens with zero attached hydrogens (tertiary/aromatic N) is 2. The quantitative estimate of drug-likeness (QED) is 0.204. The molecule has 2 amide bonds. The number of methoxy groups -OCH3 is 1. The molecule has 0 bridgehead atoms. The maximum Gasteiger partial charge on any atom is 0.255 e. The molecule has 0 radical (unpaired) electrons. The Labute approximate surface area is 226 Å². The van der Waals surface area contributed by atoms with Crippen molar-refractivity contribution in [3.8, 4) is 22.8 Å². The second-order valence-corrected chi connectivity index (χ2v) is 8.69. The first-order valence-electron chi connectivity index (χ1n) is 12.3. The Morgan fingerprint density at radius 3 is 2.51 bits per heavy atom. The molecule has 3 aromatic carbocycles. The maximum absolute atomic E-state index is 12.9. The van der Waals surface area contributed by atoms with Crippen LogP contribution in [0.5, 0.6) is 11.5 Å². The summed E-state index contributed by atoms with van der Waals surface area (Å²) in [6, 6.07) is 19.1. The van der Waals surface area contributed by atoms with Crippen molar-refractivity contribution in [2.45, 2.75) is 19.9 Å². The number of aromatic hydroxyl groups is 1. The topological polar surface area (TPSA) is 125 Å². The number of aromatic nitrogens is 2. The standard InChI is InChI=1S/C30H29N5O4/c1-4-7-29(37)33-23-10-6-9-22(15-23)30(38)34-24-11-5-8-20(14-24)19(2)32-28-18-31-17-25(35-28)21-12-13-26(36)27(16-21)39-3/h4-19,36H,1-3H3,(H,32,35)(H,33,37)(H,34,38)/b7-4+/t19-/m0/s1. The zero-order chi connectivity index (χ0) is 27.8. The van der Waals surface area contributed by atoms with Crippen molar-refractivity contribution >= 4 is 29.0 Å². The molecule has 1 aromatic heterocycles. The van der Waals surface area contributed by atoms with Gasteiger partial charge in [-0.25, -0.2) is 4.98 Å². The molecule has 0 aliphatic carbocycles. The molecule has 0 spiro atoms. The van der Waals surface area contributed by atoms with E-state index in [4.69, 9.17) is 4.74 Å². The average Bonchev–Trinajstić information content (AvgIpc) is 2.94. The number of phenols is 1. The molecule has 1 heterocycles. The molecule has 0 saturated carbocycles. The fraction of sp³-hybridized carbons (Fsp3) is 0.133. The lowest BCUT2D eigenvalue weighted by atomic mass is 10.1. The van der Waals surface area contributed by atoms with E-state index in [1.165, 1.54) is 13.2 Å². The second kappa shape index (κ2) is 12.4. The Kier molecular flexibility index (Phi) is 8.53. The monoisotopic (exact) mass is 523 g/mol. The smallest absolute Gasteiger partial charge is 0.255 e. The summed E-state index contributed by atoms with van der Waals surface area (Å²) in [5.74, 6) is 0.413. The predicted octanol–water partition coefficient (Wildman–Crippen LogP) is 5.80. The van der Waals surface area contributed by atoms with Gasteiger partial charge in [0.1, 0.15) is 5.82 Å². The molecule has 1 atom stereocenters. The summed E-state index contributed by atoms with van der Waals surface area (Å²) in [5, 5.41) is 18.9. The van der Waals surface area contributed by atoms with E-state index < -0.39 is 0 Å². The molecular weight excluding hydrogens is 494 g/mol.